The molecule has 0 unspecified atom stereocenters. The fraction of sp³-hybridized carbons (Fsp3) is 0.920. The molecule has 0 aromatic heterocycles. The minimum Gasteiger partial charge on any atom is -0.379 e. The van der Waals surface area contributed by atoms with E-state index < -0.39 is 0 Å². The molecule has 0 heterocycles. The number of carbonyl (C=O) groups is 2. The summed E-state index contributed by atoms with van der Waals surface area (Å²) in [5.41, 5.74) is 0. The first-order chi connectivity index (χ1) is 14.8. The molecule has 30 heavy (non-hydrogen) atoms. The number of unbranched alkanes of at least 4 members (excludes halogenated alkanes) is 14. The zero-order chi connectivity index (χ0) is 22.0. The van der Waals surface area contributed by atoms with E-state index in [4.69, 9.17) is 9.47 Å². The number of ether oxygens (including phenoxy) is 2. The Balaban J connectivity index is 3.03. The van der Waals surface area contributed by atoms with Gasteiger partial charge in [-0.2, -0.15) is 0 Å². The highest BCUT2D eigenvalue weighted by molar-refractivity contribution is 5.75. The van der Waals surface area contributed by atoms with Crippen LogP contribution in [0.3, 0.4) is 0 Å². The van der Waals surface area contributed by atoms with Crippen molar-refractivity contribution in [3.63, 3.8) is 0 Å². The zero-order valence-corrected chi connectivity index (χ0v) is 19.8. The normalized spacial score (nSPS) is 11.0. The number of aldehydes is 1. The molecule has 0 fully saturated rings. The first-order valence-electron chi connectivity index (χ1n) is 12.7. The predicted molar refractivity (Wildman–Crippen MR) is 125 cm³/mol. The van der Waals surface area contributed by atoms with Crippen molar-refractivity contribution in [3.05, 3.63) is 0 Å². The molecule has 0 saturated heterocycles. The van der Waals surface area contributed by atoms with Crippen molar-refractivity contribution < 1.29 is 19.1 Å². The van der Waals surface area contributed by atoms with Gasteiger partial charge in [0.2, 0.25) is 5.91 Å². The number of hydrogen-bond donors (Lipinski definition) is 1. The zero-order valence-electron chi connectivity index (χ0n) is 19.8. The molecule has 0 aromatic carbocycles. The van der Waals surface area contributed by atoms with E-state index >= 15 is 0 Å². The van der Waals surface area contributed by atoms with Crippen LogP contribution in [0.25, 0.3) is 0 Å². The van der Waals surface area contributed by atoms with Crippen molar-refractivity contribution >= 4 is 12.2 Å². The highest BCUT2D eigenvalue weighted by Crippen LogP contribution is 2.13. The van der Waals surface area contributed by atoms with Crippen molar-refractivity contribution in [1.29, 1.82) is 0 Å². The van der Waals surface area contributed by atoms with Gasteiger partial charge in [-0.15, -0.1) is 0 Å². The molecule has 0 spiro atoms. The molecular formula is C25H49NO4. The summed E-state index contributed by atoms with van der Waals surface area (Å²) in [6, 6.07) is 0. The second-order valence-corrected chi connectivity index (χ2v) is 8.23. The molecule has 0 aliphatic heterocycles. The van der Waals surface area contributed by atoms with E-state index in [-0.39, 0.29) is 5.91 Å². The third-order valence-electron chi connectivity index (χ3n) is 5.28. The van der Waals surface area contributed by atoms with Crippen molar-refractivity contribution in [2.75, 3.05) is 33.0 Å². The van der Waals surface area contributed by atoms with E-state index in [1.54, 1.807) is 0 Å². The number of rotatable bonds is 25. The molecule has 0 radical (unpaired) electrons. The summed E-state index contributed by atoms with van der Waals surface area (Å²) < 4.78 is 11.0. The molecule has 5 heteroatoms. The van der Waals surface area contributed by atoms with Crippen LogP contribution in [0.5, 0.6) is 0 Å². The maximum absolute atomic E-state index is 11.3. The van der Waals surface area contributed by atoms with Crippen LogP contribution in [-0.2, 0) is 19.1 Å². The molecule has 1 amide bonds. The van der Waals surface area contributed by atoms with Gasteiger partial charge in [-0.05, 0) is 19.3 Å². The van der Waals surface area contributed by atoms with Crippen LogP contribution in [-0.4, -0.2) is 45.2 Å². The Kier molecular flexibility index (Phi) is 25.3. The maximum Gasteiger partial charge on any atom is 0.220 e. The summed E-state index contributed by atoms with van der Waals surface area (Å²) in [5, 5.41) is 2.83. The first kappa shape index (κ1) is 29.1. The summed E-state index contributed by atoms with van der Waals surface area (Å²) in [7, 11) is 0. The largest absolute Gasteiger partial charge is 0.379 e. The molecule has 5 nitrogen and oxygen atoms in total. The van der Waals surface area contributed by atoms with E-state index in [2.05, 4.69) is 5.32 Å². The van der Waals surface area contributed by atoms with E-state index in [0.29, 0.717) is 32.8 Å². The fourth-order valence-electron chi connectivity index (χ4n) is 3.45. The van der Waals surface area contributed by atoms with Crippen LogP contribution < -0.4 is 5.32 Å². The minimum absolute atomic E-state index is 0.104. The van der Waals surface area contributed by atoms with E-state index in [9.17, 15) is 9.59 Å². The Morgan fingerprint density at radius 3 is 1.63 bits per heavy atom. The van der Waals surface area contributed by atoms with Crippen LogP contribution >= 0.6 is 0 Å². The van der Waals surface area contributed by atoms with Gasteiger partial charge in [0, 0.05) is 26.0 Å². The Labute approximate surface area is 186 Å². The highest BCUT2D eigenvalue weighted by atomic mass is 16.5. The number of amides is 1. The molecule has 0 rings (SSSR count). The Hall–Kier alpha value is -0.940. The molecule has 0 aliphatic rings. The molecular weight excluding hydrogens is 378 g/mol. The van der Waals surface area contributed by atoms with E-state index in [1.165, 1.54) is 77.0 Å². The van der Waals surface area contributed by atoms with Crippen molar-refractivity contribution in [1.82, 2.24) is 5.32 Å². The van der Waals surface area contributed by atoms with Crippen molar-refractivity contribution in [3.8, 4) is 0 Å². The molecule has 0 atom stereocenters. The second-order valence-electron chi connectivity index (χ2n) is 8.23. The van der Waals surface area contributed by atoms with Crippen LogP contribution in [0.15, 0.2) is 0 Å². The summed E-state index contributed by atoms with van der Waals surface area (Å²) in [5.74, 6) is 0.104. The van der Waals surface area contributed by atoms with Gasteiger partial charge in [-0.25, -0.2) is 0 Å². The third-order valence-corrected chi connectivity index (χ3v) is 5.28. The average molecular weight is 428 g/mol. The molecule has 0 aromatic rings. The third kappa shape index (κ3) is 25.1. The van der Waals surface area contributed by atoms with Gasteiger partial charge >= 0.3 is 0 Å². The van der Waals surface area contributed by atoms with Gasteiger partial charge in [0.15, 0.2) is 0 Å². The molecule has 0 aliphatic carbocycles. The Morgan fingerprint density at radius 2 is 1.13 bits per heavy atom. The Bertz CT molecular complexity index is 363. The lowest BCUT2D eigenvalue weighted by Crippen LogP contribution is -2.27. The second kappa shape index (κ2) is 26.1. The lowest BCUT2D eigenvalue weighted by Gasteiger charge is -2.07. The summed E-state index contributed by atoms with van der Waals surface area (Å²) in [6.07, 6.45) is 21.5. The van der Waals surface area contributed by atoms with Crippen LogP contribution in [0.1, 0.15) is 116 Å². The smallest absolute Gasteiger partial charge is 0.220 e. The van der Waals surface area contributed by atoms with Crippen molar-refractivity contribution in [2.24, 2.45) is 0 Å². The summed E-state index contributed by atoms with van der Waals surface area (Å²) in [6.45, 7) is 5.21. The molecule has 0 saturated carbocycles. The molecule has 0 bridgehead atoms. The van der Waals surface area contributed by atoms with Gasteiger partial charge in [-0.1, -0.05) is 84.0 Å². The average Bonchev–Trinajstić information content (AvgIpc) is 2.74. The van der Waals surface area contributed by atoms with E-state index in [1.807, 2.05) is 6.92 Å². The van der Waals surface area contributed by atoms with E-state index in [0.717, 1.165) is 38.6 Å². The fourth-order valence-corrected chi connectivity index (χ4v) is 3.45. The van der Waals surface area contributed by atoms with Crippen LogP contribution in [0.2, 0.25) is 0 Å². The standard InChI is InChI=1S/C25H49NO4/c1-2-18-25(28)26-19-22-30-24-23-29-21-17-15-13-11-9-7-5-3-4-6-8-10-12-14-16-20-27/h20H,2-19,21-24H2,1H3,(H,26,28). The number of nitrogens with one attached hydrogen (secondary N) is 1. The predicted octanol–water partition coefficient (Wildman–Crippen LogP) is 5.99. The number of carbonyl (C=O) groups excluding carboxylic acids is 2. The lowest BCUT2D eigenvalue weighted by atomic mass is 10.0. The van der Waals surface area contributed by atoms with Crippen LogP contribution in [0, 0.1) is 0 Å². The van der Waals surface area contributed by atoms with Gasteiger partial charge < -0.3 is 19.6 Å². The quantitative estimate of drug-likeness (QED) is 0.144. The summed E-state index contributed by atoms with van der Waals surface area (Å²) in [4.78, 5) is 21.5. The lowest BCUT2D eigenvalue weighted by molar-refractivity contribution is -0.121. The Morgan fingerprint density at radius 1 is 0.667 bits per heavy atom. The maximum atomic E-state index is 11.3. The first-order valence-corrected chi connectivity index (χ1v) is 12.7. The van der Waals surface area contributed by atoms with Crippen LogP contribution in [0.4, 0.5) is 0 Å². The van der Waals surface area contributed by atoms with Gasteiger partial charge in [-0.3, -0.25) is 4.79 Å². The summed E-state index contributed by atoms with van der Waals surface area (Å²) >= 11 is 0. The van der Waals surface area contributed by atoms with Crippen molar-refractivity contribution in [2.45, 2.75) is 116 Å². The SMILES string of the molecule is CCCC(=O)NCCOCCOCCCCCCCCCCCCCCCCC=O. The van der Waals surface area contributed by atoms with Gasteiger partial charge in [0.05, 0.1) is 19.8 Å². The number of hydrogen-bond acceptors (Lipinski definition) is 4. The van der Waals surface area contributed by atoms with Gasteiger partial charge in [0.1, 0.15) is 6.29 Å². The molecule has 178 valence electrons. The monoisotopic (exact) mass is 427 g/mol. The van der Waals surface area contributed by atoms with Gasteiger partial charge in [0.25, 0.3) is 0 Å². The topological polar surface area (TPSA) is 64.6 Å². The minimum atomic E-state index is 0.104. The molecule has 1 N–H and O–H groups in total. The highest BCUT2D eigenvalue weighted by Gasteiger charge is 1.98.